The van der Waals surface area contributed by atoms with Gasteiger partial charge in [0.2, 0.25) is 5.91 Å². The van der Waals surface area contributed by atoms with E-state index < -0.39 is 0 Å². The molecule has 0 radical (unpaired) electrons. The molecule has 43 heavy (non-hydrogen) atoms. The van der Waals surface area contributed by atoms with Crippen LogP contribution in [0, 0.1) is 46.3 Å². The number of rotatable bonds is 12. The summed E-state index contributed by atoms with van der Waals surface area (Å²) in [6, 6.07) is 9.91. The maximum Gasteiger partial charge on any atom is 0.306 e. The van der Waals surface area contributed by atoms with Crippen LogP contribution in [0.15, 0.2) is 42.0 Å². The minimum absolute atomic E-state index is 0.00770. The Kier molecular flexibility index (Phi) is 10.4. The highest BCUT2D eigenvalue weighted by atomic mass is 16.5. The van der Waals surface area contributed by atoms with Crippen molar-refractivity contribution >= 4 is 11.9 Å². The minimum Gasteiger partial charge on any atom is -0.462 e. The number of esters is 1. The highest BCUT2D eigenvalue weighted by Gasteiger charge is 2.59. The lowest BCUT2D eigenvalue weighted by Gasteiger charge is -2.58. The number of nitrogens with one attached hydrogen (secondary N) is 1. The van der Waals surface area contributed by atoms with Gasteiger partial charge in [0.1, 0.15) is 6.10 Å². The zero-order valence-corrected chi connectivity index (χ0v) is 27.8. The van der Waals surface area contributed by atoms with Gasteiger partial charge in [0.15, 0.2) is 0 Å². The van der Waals surface area contributed by atoms with E-state index in [-0.39, 0.29) is 23.4 Å². The second-order valence-corrected chi connectivity index (χ2v) is 15.8. The molecule has 0 spiro atoms. The molecule has 0 aliphatic heterocycles. The first-order valence-electron chi connectivity index (χ1n) is 17.8. The van der Waals surface area contributed by atoms with Crippen LogP contribution < -0.4 is 5.32 Å². The molecule has 4 heteroatoms. The predicted molar refractivity (Wildman–Crippen MR) is 175 cm³/mol. The summed E-state index contributed by atoms with van der Waals surface area (Å²) in [5, 5.41) is 2.95. The van der Waals surface area contributed by atoms with Crippen molar-refractivity contribution in [3.8, 4) is 0 Å². The Bertz CT molecular complexity index is 1130. The Morgan fingerprint density at radius 1 is 0.930 bits per heavy atom. The van der Waals surface area contributed by atoms with Crippen molar-refractivity contribution in [2.24, 2.45) is 46.3 Å². The zero-order chi connectivity index (χ0) is 30.6. The summed E-state index contributed by atoms with van der Waals surface area (Å²) in [5.41, 5.74) is 3.44. The van der Waals surface area contributed by atoms with E-state index in [1.807, 2.05) is 30.3 Å². The summed E-state index contributed by atoms with van der Waals surface area (Å²) in [5.74, 6) is 4.90. The molecule has 0 aromatic heterocycles. The molecule has 0 saturated heterocycles. The van der Waals surface area contributed by atoms with Gasteiger partial charge in [-0.1, -0.05) is 95.9 Å². The smallest absolute Gasteiger partial charge is 0.306 e. The van der Waals surface area contributed by atoms with Gasteiger partial charge in [0, 0.05) is 25.8 Å². The second-order valence-electron chi connectivity index (χ2n) is 15.8. The summed E-state index contributed by atoms with van der Waals surface area (Å²) < 4.78 is 5.99. The standard InChI is InChI=1S/C39H59NO3/c1-27(2)11-9-12-28(3)33-19-20-34-32-18-17-30-25-31(21-23-38(30,4)35(32)22-24-39(33,34)5)43-37(42)16-10-15-36(41)40-26-29-13-7-6-8-14-29/h6-8,13-14,17,27-28,31-35H,9-12,15-16,18-26H2,1-5H3,(H,40,41)/t28-,31+,32+,33-,34+,35+,38+,39-/m1/s1. The summed E-state index contributed by atoms with van der Waals surface area (Å²) in [7, 11) is 0. The van der Waals surface area contributed by atoms with Crippen LogP contribution in [0.2, 0.25) is 0 Å². The lowest BCUT2D eigenvalue weighted by Crippen LogP contribution is -2.51. The van der Waals surface area contributed by atoms with Gasteiger partial charge in [-0.15, -0.1) is 0 Å². The van der Waals surface area contributed by atoms with Crippen LogP contribution in [0.1, 0.15) is 130 Å². The van der Waals surface area contributed by atoms with Crippen molar-refractivity contribution in [3.63, 3.8) is 0 Å². The van der Waals surface area contributed by atoms with Crippen LogP contribution in [0.4, 0.5) is 0 Å². The fraction of sp³-hybridized carbons (Fsp3) is 0.744. The highest BCUT2D eigenvalue weighted by Crippen LogP contribution is 2.67. The molecule has 0 bridgehead atoms. The number of carbonyl (C=O) groups is 2. The molecule has 1 aromatic carbocycles. The average Bonchev–Trinajstić information content (AvgIpc) is 3.34. The number of hydrogen-bond acceptors (Lipinski definition) is 3. The molecule has 3 fully saturated rings. The highest BCUT2D eigenvalue weighted by molar-refractivity contribution is 5.77. The van der Waals surface area contributed by atoms with Crippen LogP contribution in [0.5, 0.6) is 0 Å². The molecule has 5 rings (SSSR count). The summed E-state index contributed by atoms with van der Waals surface area (Å²) in [6.07, 6.45) is 17.8. The Morgan fingerprint density at radius 2 is 1.72 bits per heavy atom. The predicted octanol–water partition coefficient (Wildman–Crippen LogP) is 9.43. The van der Waals surface area contributed by atoms with Crippen molar-refractivity contribution in [1.82, 2.24) is 5.32 Å². The fourth-order valence-corrected chi connectivity index (χ4v) is 10.3. The molecular weight excluding hydrogens is 530 g/mol. The Balaban J connectivity index is 1.10. The van der Waals surface area contributed by atoms with Gasteiger partial charge in [-0.05, 0) is 103 Å². The quantitative estimate of drug-likeness (QED) is 0.195. The Morgan fingerprint density at radius 3 is 2.49 bits per heavy atom. The Labute approximate surface area is 262 Å². The lowest BCUT2D eigenvalue weighted by atomic mass is 9.47. The van der Waals surface area contributed by atoms with Crippen molar-refractivity contribution in [3.05, 3.63) is 47.5 Å². The molecule has 0 heterocycles. The van der Waals surface area contributed by atoms with Gasteiger partial charge < -0.3 is 10.1 Å². The van der Waals surface area contributed by atoms with Crippen molar-refractivity contribution < 1.29 is 14.3 Å². The number of carbonyl (C=O) groups excluding carboxylic acids is 2. The first-order valence-corrected chi connectivity index (χ1v) is 17.8. The van der Waals surface area contributed by atoms with Crippen LogP contribution in [-0.2, 0) is 20.9 Å². The topological polar surface area (TPSA) is 55.4 Å². The SMILES string of the molecule is CC(C)CCC[C@@H](C)[C@H]1CC[C@H]2[C@@H]3CC=C4C[C@@H](OC(=O)CCCC(=O)NCc5ccccc5)CC[C@]4(C)[C@H]3CC[C@]12C. The number of ether oxygens (including phenoxy) is 1. The average molecular weight is 590 g/mol. The molecule has 4 aliphatic carbocycles. The number of benzene rings is 1. The van der Waals surface area contributed by atoms with Gasteiger partial charge in [-0.2, -0.15) is 0 Å². The summed E-state index contributed by atoms with van der Waals surface area (Å²) in [4.78, 5) is 24.9. The van der Waals surface area contributed by atoms with E-state index in [1.54, 1.807) is 5.57 Å². The van der Waals surface area contributed by atoms with Crippen molar-refractivity contribution in [2.75, 3.05) is 0 Å². The maximum absolute atomic E-state index is 12.7. The molecule has 3 saturated carbocycles. The molecule has 8 atom stereocenters. The third kappa shape index (κ3) is 7.25. The number of fused-ring (bicyclic) bond motifs is 5. The van der Waals surface area contributed by atoms with E-state index in [0.717, 1.165) is 60.3 Å². The van der Waals surface area contributed by atoms with Crippen LogP contribution in [0.25, 0.3) is 0 Å². The third-order valence-corrected chi connectivity index (χ3v) is 12.7. The van der Waals surface area contributed by atoms with E-state index in [0.29, 0.717) is 31.2 Å². The van der Waals surface area contributed by atoms with Crippen molar-refractivity contribution in [2.45, 2.75) is 137 Å². The van der Waals surface area contributed by atoms with Crippen molar-refractivity contribution in [1.29, 1.82) is 0 Å². The first-order chi connectivity index (χ1) is 20.6. The third-order valence-electron chi connectivity index (χ3n) is 12.7. The molecule has 1 amide bonds. The molecule has 1 aromatic rings. The summed E-state index contributed by atoms with van der Waals surface area (Å²) in [6.45, 7) is 13.0. The first kappa shape index (κ1) is 32.3. The maximum atomic E-state index is 12.7. The lowest BCUT2D eigenvalue weighted by molar-refractivity contribution is -0.151. The van der Waals surface area contributed by atoms with Gasteiger partial charge in [0.05, 0.1) is 0 Å². The van der Waals surface area contributed by atoms with Gasteiger partial charge in [-0.25, -0.2) is 0 Å². The largest absolute Gasteiger partial charge is 0.462 e. The minimum atomic E-state index is -0.147. The van der Waals surface area contributed by atoms with Gasteiger partial charge in [-0.3, -0.25) is 9.59 Å². The zero-order valence-electron chi connectivity index (χ0n) is 27.8. The van der Waals surface area contributed by atoms with Gasteiger partial charge >= 0.3 is 5.97 Å². The van der Waals surface area contributed by atoms with Crippen LogP contribution in [0.3, 0.4) is 0 Å². The normalized spacial score (nSPS) is 34.0. The van der Waals surface area contributed by atoms with Gasteiger partial charge in [0.25, 0.3) is 0 Å². The number of hydrogen-bond donors (Lipinski definition) is 1. The molecule has 238 valence electrons. The fourth-order valence-electron chi connectivity index (χ4n) is 10.3. The van der Waals surface area contributed by atoms with E-state index in [1.165, 1.54) is 51.4 Å². The molecule has 0 unspecified atom stereocenters. The van der Waals surface area contributed by atoms with E-state index in [9.17, 15) is 9.59 Å². The van der Waals surface area contributed by atoms with E-state index >= 15 is 0 Å². The number of amides is 1. The molecule has 4 nitrogen and oxygen atoms in total. The van der Waals surface area contributed by atoms with E-state index in [4.69, 9.17) is 4.74 Å². The molecular formula is C39H59NO3. The molecule has 4 aliphatic rings. The Hall–Kier alpha value is -2.10. The second kappa shape index (κ2) is 13.9. The van der Waals surface area contributed by atoms with E-state index in [2.05, 4.69) is 46.0 Å². The molecule has 1 N–H and O–H groups in total. The number of allylic oxidation sites excluding steroid dienone is 1. The van der Waals surface area contributed by atoms with Crippen LogP contribution >= 0.6 is 0 Å². The van der Waals surface area contributed by atoms with Crippen LogP contribution in [-0.4, -0.2) is 18.0 Å². The monoisotopic (exact) mass is 589 g/mol. The summed E-state index contributed by atoms with van der Waals surface area (Å²) >= 11 is 0.